The van der Waals surface area contributed by atoms with E-state index in [-0.39, 0.29) is 0 Å². The highest BCUT2D eigenvalue weighted by atomic mass is 16.5. The Morgan fingerprint density at radius 1 is 1.11 bits per heavy atom. The molecule has 0 spiro atoms. The number of ether oxygens (including phenoxy) is 1. The fraction of sp³-hybridized carbons (Fsp3) is 0.688. The van der Waals surface area contributed by atoms with Crippen molar-refractivity contribution in [2.24, 2.45) is 0 Å². The van der Waals surface area contributed by atoms with Gasteiger partial charge in [0.25, 0.3) is 0 Å². The molecule has 18 heavy (non-hydrogen) atoms. The Kier molecular flexibility index (Phi) is 7.47. The Labute approximate surface area is 112 Å². The highest BCUT2D eigenvalue weighted by Crippen LogP contribution is 2.15. The number of hydrogen-bond donors (Lipinski definition) is 0. The van der Waals surface area contributed by atoms with Crippen LogP contribution >= 0.6 is 0 Å². The lowest BCUT2D eigenvalue weighted by Gasteiger charge is -2.14. The summed E-state index contributed by atoms with van der Waals surface area (Å²) in [7, 11) is 0. The zero-order valence-electron chi connectivity index (χ0n) is 12.1. The second-order valence-electron chi connectivity index (χ2n) is 5.12. The molecule has 2 nitrogen and oxygen atoms in total. The van der Waals surface area contributed by atoms with Crippen LogP contribution in [0.25, 0.3) is 0 Å². The second-order valence-corrected chi connectivity index (χ2v) is 5.12. The zero-order valence-corrected chi connectivity index (χ0v) is 12.1. The average Bonchev–Trinajstić information content (AvgIpc) is 2.36. The second kappa shape index (κ2) is 8.96. The Morgan fingerprint density at radius 2 is 1.83 bits per heavy atom. The van der Waals surface area contributed by atoms with Gasteiger partial charge in [-0.05, 0) is 38.8 Å². The zero-order chi connectivity index (χ0) is 13.2. The summed E-state index contributed by atoms with van der Waals surface area (Å²) in [6.07, 6.45) is 11.3. The molecule has 0 aliphatic carbocycles. The molecule has 0 amide bonds. The van der Waals surface area contributed by atoms with Crippen molar-refractivity contribution in [3.63, 3.8) is 0 Å². The molecule has 102 valence electrons. The molecule has 0 aliphatic rings. The van der Waals surface area contributed by atoms with Crippen LogP contribution in [0.4, 0.5) is 0 Å². The molecular formula is C16H27NO. The standard InChI is InChI=1S/C16H27NO/c1-4-5-6-7-8-9-10-15(3)18-16-12-11-14(2)17-13-16/h11-13,15H,4-10H2,1-3H3. The van der Waals surface area contributed by atoms with Crippen LogP contribution in [-0.2, 0) is 0 Å². The van der Waals surface area contributed by atoms with Gasteiger partial charge in [0.05, 0.1) is 12.3 Å². The number of pyridine rings is 1. The minimum atomic E-state index is 0.292. The predicted molar refractivity (Wildman–Crippen MR) is 77.1 cm³/mol. The van der Waals surface area contributed by atoms with E-state index in [1.54, 1.807) is 0 Å². The van der Waals surface area contributed by atoms with Crippen molar-refractivity contribution in [1.82, 2.24) is 4.98 Å². The first-order valence-corrected chi connectivity index (χ1v) is 7.31. The molecule has 1 rings (SSSR count). The molecule has 0 aromatic carbocycles. The van der Waals surface area contributed by atoms with Crippen LogP contribution in [-0.4, -0.2) is 11.1 Å². The molecule has 0 saturated carbocycles. The number of nitrogens with zero attached hydrogens (tertiary/aromatic N) is 1. The number of aryl methyl sites for hydroxylation is 1. The van der Waals surface area contributed by atoms with E-state index in [9.17, 15) is 0 Å². The molecule has 1 unspecified atom stereocenters. The van der Waals surface area contributed by atoms with E-state index < -0.39 is 0 Å². The highest BCUT2D eigenvalue weighted by molar-refractivity contribution is 5.19. The molecule has 0 aliphatic heterocycles. The molecule has 1 heterocycles. The minimum absolute atomic E-state index is 0.292. The Morgan fingerprint density at radius 3 is 2.50 bits per heavy atom. The first-order valence-electron chi connectivity index (χ1n) is 7.31. The Balaban J connectivity index is 2.10. The lowest BCUT2D eigenvalue weighted by molar-refractivity contribution is 0.205. The van der Waals surface area contributed by atoms with Gasteiger partial charge in [0.15, 0.2) is 0 Å². The summed E-state index contributed by atoms with van der Waals surface area (Å²) in [5.41, 5.74) is 1.03. The molecule has 0 bridgehead atoms. The van der Waals surface area contributed by atoms with Crippen LogP contribution in [0.15, 0.2) is 18.3 Å². The fourth-order valence-corrected chi connectivity index (χ4v) is 2.03. The molecule has 1 aromatic rings. The van der Waals surface area contributed by atoms with Crippen LogP contribution in [0, 0.1) is 6.92 Å². The van der Waals surface area contributed by atoms with E-state index in [2.05, 4.69) is 18.8 Å². The van der Waals surface area contributed by atoms with Crippen molar-refractivity contribution in [2.45, 2.75) is 71.8 Å². The van der Waals surface area contributed by atoms with Crippen molar-refractivity contribution < 1.29 is 4.74 Å². The molecular weight excluding hydrogens is 222 g/mol. The lowest BCUT2D eigenvalue weighted by atomic mass is 10.1. The summed E-state index contributed by atoms with van der Waals surface area (Å²) >= 11 is 0. The highest BCUT2D eigenvalue weighted by Gasteiger charge is 2.04. The SMILES string of the molecule is CCCCCCCCC(C)Oc1ccc(C)nc1. The van der Waals surface area contributed by atoms with E-state index in [1.165, 1.54) is 38.5 Å². The normalized spacial score (nSPS) is 12.4. The number of aromatic nitrogens is 1. The molecule has 2 heteroatoms. The first-order chi connectivity index (χ1) is 8.72. The van der Waals surface area contributed by atoms with Crippen LogP contribution < -0.4 is 4.74 Å². The molecule has 0 radical (unpaired) electrons. The van der Waals surface area contributed by atoms with Crippen molar-refractivity contribution in [2.75, 3.05) is 0 Å². The number of hydrogen-bond acceptors (Lipinski definition) is 2. The van der Waals surface area contributed by atoms with Gasteiger partial charge in [0, 0.05) is 5.69 Å². The summed E-state index contributed by atoms with van der Waals surface area (Å²) in [6.45, 7) is 6.39. The third-order valence-corrected chi connectivity index (χ3v) is 3.19. The van der Waals surface area contributed by atoms with Crippen molar-refractivity contribution in [3.8, 4) is 5.75 Å². The minimum Gasteiger partial charge on any atom is -0.489 e. The van der Waals surface area contributed by atoms with E-state index >= 15 is 0 Å². The number of unbranched alkanes of at least 4 members (excludes halogenated alkanes) is 5. The van der Waals surface area contributed by atoms with Gasteiger partial charge < -0.3 is 4.74 Å². The lowest BCUT2D eigenvalue weighted by Crippen LogP contribution is -2.11. The quantitative estimate of drug-likeness (QED) is 0.580. The van der Waals surface area contributed by atoms with Gasteiger partial charge in [-0.25, -0.2) is 0 Å². The summed E-state index contributed by atoms with van der Waals surface area (Å²) < 4.78 is 5.83. The van der Waals surface area contributed by atoms with E-state index in [0.717, 1.165) is 17.9 Å². The maximum atomic E-state index is 5.83. The summed E-state index contributed by atoms with van der Waals surface area (Å²) in [5.74, 6) is 0.888. The third kappa shape index (κ3) is 6.63. The maximum Gasteiger partial charge on any atom is 0.138 e. The van der Waals surface area contributed by atoms with E-state index in [1.807, 2.05) is 25.3 Å². The van der Waals surface area contributed by atoms with Crippen molar-refractivity contribution in [3.05, 3.63) is 24.0 Å². The largest absolute Gasteiger partial charge is 0.489 e. The first kappa shape index (κ1) is 15.0. The Bertz CT molecular complexity index is 307. The van der Waals surface area contributed by atoms with E-state index in [4.69, 9.17) is 4.74 Å². The van der Waals surface area contributed by atoms with Gasteiger partial charge in [-0.2, -0.15) is 0 Å². The maximum absolute atomic E-state index is 5.83. The van der Waals surface area contributed by atoms with Crippen molar-refractivity contribution >= 4 is 0 Å². The van der Waals surface area contributed by atoms with E-state index in [0.29, 0.717) is 6.10 Å². The molecule has 0 saturated heterocycles. The topological polar surface area (TPSA) is 22.1 Å². The summed E-state index contributed by atoms with van der Waals surface area (Å²) in [5, 5.41) is 0. The van der Waals surface area contributed by atoms with Gasteiger partial charge >= 0.3 is 0 Å². The van der Waals surface area contributed by atoms with Gasteiger partial charge in [-0.15, -0.1) is 0 Å². The molecule has 1 atom stereocenters. The third-order valence-electron chi connectivity index (χ3n) is 3.19. The summed E-state index contributed by atoms with van der Waals surface area (Å²) in [6, 6.07) is 3.99. The Hall–Kier alpha value is -1.05. The van der Waals surface area contributed by atoms with Gasteiger partial charge in [0.2, 0.25) is 0 Å². The number of rotatable bonds is 9. The van der Waals surface area contributed by atoms with Crippen LogP contribution in [0.5, 0.6) is 5.75 Å². The predicted octanol–water partition coefficient (Wildman–Crippen LogP) is 4.91. The molecule has 1 aromatic heterocycles. The van der Waals surface area contributed by atoms with Crippen molar-refractivity contribution in [1.29, 1.82) is 0 Å². The average molecular weight is 249 g/mol. The smallest absolute Gasteiger partial charge is 0.138 e. The monoisotopic (exact) mass is 249 g/mol. The van der Waals surface area contributed by atoms with Crippen LogP contribution in [0.2, 0.25) is 0 Å². The van der Waals surface area contributed by atoms with Gasteiger partial charge in [-0.1, -0.05) is 39.0 Å². The van der Waals surface area contributed by atoms with Crippen LogP contribution in [0.1, 0.15) is 64.5 Å². The summed E-state index contributed by atoms with van der Waals surface area (Å²) in [4.78, 5) is 4.24. The van der Waals surface area contributed by atoms with Crippen LogP contribution in [0.3, 0.4) is 0 Å². The molecule has 0 N–H and O–H groups in total. The fourth-order valence-electron chi connectivity index (χ4n) is 2.03. The van der Waals surface area contributed by atoms with Gasteiger partial charge in [0.1, 0.15) is 5.75 Å². The van der Waals surface area contributed by atoms with Gasteiger partial charge in [-0.3, -0.25) is 4.98 Å². The molecule has 0 fully saturated rings.